The van der Waals surface area contributed by atoms with Gasteiger partial charge in [0.05, 0.1) is 5.71 Å². The molecule has 0 fully saturated rings. The van der Waals surface area contributed by atoms with E-state index in [9.17, 15) is 0 Å². The Morgan fingerprint density at radius 2 is 2.00 bits per heavy atom. The van der Waals surface area contributed by atoms with Gasteiger partial charge in [-0.3, -0.25) is 0 Å². The van der Waals surface area contributed by atoms with Gasteiger partial charge in [0.1, 0.15) is 0 Å². The van der Waals surface area contributed by atoms with Crippen LogP contribution in [0.25, 0.3) is 0 Å². The topological polar surface area (TPSA) is 32.6 Å². The Bertz CT molecular complexity index is 274. The molecule has 0 unspecified atom stereocenters. The summed E-state index contributed by atoms with van der Waals surface area (Å²) in [7, 11) is 0. The number of hydrogen-bond donors (Lipinski definition) is 1. The van der Waals surface area contributed by atoms with Crippen LogP contribution in [0, 0.1) is 0 Å². The third kappa shape index (κ3) is 4.08. The van der Waals surface area contributed by atoms with Crippen LogP contribution >= 0.6 is 0 Å². The van der Waals surface area contributed by atoms with Gasteiger partial charge in [-0.05, 0) is 25.7 Å². The van der Waals surface area contributed by atoms with Gasteiger partial charge in [-0.2, -0.15) is 0 Å². The lowest BCUT2D eigenvalue weighted by Gasteiger charge is -2.01. The van der Waals surface area contributed by atoms with Crippen molar-refractivity contribution in [3.05, 3.63) is 36.5 Å². The van der Waals surface area contributed by atoms with E-state index in [1.165, 1.54) is 5.57 Å². The fraction of sp³-hybridized carbons (Fsp3) is 0.417. The third-order valence-corrected chi connectivity index (χ3v) is 2.29. The normalized spacial score (nSPS) is 26.9. The van der Waals surface area contributed by atoms with Gasteiger partial charge in [0, 0.05) is 6.42 Å². The van der Waals surface area contributed by atoms with Crippen LogP contribution in [0.4, 0.5) is 0 Å². The van der Waals surface area contributed by atoms with E-state index in [4.69, 9.17) is 5.21 Å². The van der Waals surface area contributed by atoms with Gasteiger partial charge in [0.2, 0.25) is 0 Å². The molecule has 0 aromatic heterocycles. The van der Waals surface area contributed by atoms with E-state index in [1.807, 2.05) is 24.3 Å². The van der Waals surface area contributed by atoms with Crippen molar-refractivity contribution < 1.29 is 5.21 Å². The van der Waals surface area contributed by atoms with Crippen LogP contribution in [0.1, 0.15) is 32.1 Å². The quantitative estimate of drug-likeness (QED) is 0.461. The highest BCUT2D eigenvalue weighted by Gasteiger charge is 1.99. The summed E-state index contributed by atoms with van der Waals surface area (Å²) in [6.45, 7) is 3.96. The van der Waals surface area contributed by atoms with Gasteiger partial charge < -0.3 is 5.21 Å². The van der Waals surface area contributed by atoms with Crippen molar-refractivity contribution in [3.63, 3.8) is 0 Å². The predicted octanol–water partition coefficient (Wildman–Crippen LogP) is 3.45. The molecule has 1 aliphatic carbocycles. The van der Waals surface area contributed by atoms with Gasteiger partial charge in [0.15, 0.2) is 0 Å². The van der Waals surface area contributed by atoms with Gasteiger partial charge >= 0.3 is 0 Å². The molecule has 14 heavy (non-hydrogen) atoms. The maximum atomic E-state index is 8.71. The van der Waals surface area contributed by atoms with Crippen LogP contribution in [0.2, 0.25) is 0 Å². The zero-order valence-electron chi connectivity index (χ0n) is 8.45. The summed E-state index contributed by atoms with van der Waals surface area (Å²) in [5, 5.41) is 12.0. The molecule has 76 valence electrons. The first-order valence-electron chi connectivity index (χ1n) is 5.03. The van der Waals surface area contributed by atoms with E-state index in [-0.39, 0.29) is 0 Å². The molecule has 2 nitrogen and oxygen atoms in total. The van der Waals surface area contributed by atoms with E-state index >= 15 is 0 Å². The predicted molar refractivity (Wildman–Crippen MR) is 59.7 cm³/mol. The van der Waals surface area contributed by atoms with Crippen LogP contribution in [-0.4, -0.2) is 10.9 Å². The monoisotopic (exact) mass is 191 g/mol. The molecular formula is C12H17NO. The molecule has 0 aromatic rings. The number of nitrogens with zero attached hydrogens (tertiary/aromatic N) is 1. The van der Waals surface area contributed by atoms with E-state index < -0.39 is 0 Å². The number of oxime groups is 1. The fourth-order valence-corrected chi connectivity index (χ4v) is 1.43. The smallest absolute Gasteiger partial charge is 0.0608 e. The van der Waals surface area contributed by atoms with Gasteiger partial charge in [0.25, 0.3) is 0 Å². The van der Waals surface area contributed by atoms with Gasteiger partial charge in [-0.25, -0.2) is 0 Å². The molecule has 0 radical (unpaired) electrons. The first-order valence-corrected chi connectivity index (χ1v) is 5.03. The minimum atomic E-state index is 0.743. The molecule has 0 saturated carbocycles. The summed E-state index contributed by atoms with van der Waals surface area (Å²) in [5.41, 5.74) is 2.03. The zero-order chi connectivity index (χ0) is 10.2. The maximum absolute atomic E-state index is 8.71. The molecule has 2 heteroatoms. The molecule has 1 rings (SSSR count). The molecule has 0 saturated heterocycles. The summed E-state index contributed by atoms with van der Waals surface area (Å²) in [6, 6.07) is 0. The summed E-state index contributed by atoms with van der Waals surface area (Å²) < 4.78 is 0. The Morgan fingerprint density at radius 1 is 1.21 bits per heavy atom. The average molecular weight is 191 g/mol. The van der Waals surface area contributed by atoms with Crippen molar-refractivity contribution in [3.8, 4) is 0 Å². The molecule has 0 atom stereocenters. The van der Waals surface area contributed by atoms with Crippen molar-refractivity contribution in [2.75, 3.05) is 0 Å². The lowest BCUT2D eigenvalue weighted by Crippen LogP contribution is -1.96. The standard InChI is InChI=1S/C12H17NO/c1-11-7-3-2-4-9-12(13-14)10-6-5-8-11/h2-4,7,14H,1,5-6,8-10H2/b4-2-,7-3-,13-12-. The zero-order valence-corrected chi connectivity index (χ0v) is 8.45. The highest BCUT2D eigenvalue weighted by Crippen LogP contribution is 2.11. The van der Waals surface area contributed by atoms with Crippen molar-refractivity contribution in [1.82, 2.24) is 0 Å². The fourth-order valence-electron chi connectivity index (χ4n) is 1.43. The van der Waals surface area contributed by atoms with E-state index in [0.717, 1.165) is 37.8 Å². The van der Waals surface area contributed by atoms with E-state index in [1.54, 1.807) is 0 Å². The molecule has 0 heterocycles. The molecule has 1 N–H and O–H groups in total. The summed E-state index contributed by atoms with van der Waals surface area (Å²) >= 11 is 0. The third-order valence-electron chi connectivity index (χ3n) is 2.29. The molecule has 1 aliphatic rings. The van der Waals surface area contributed by atoms with Crippen molar-refractivity contribution >= 4 is 5.71 Å². The SMILES string of the molecule is C=C1/C=C\C=C/C/C(=N/O)CCCC1. The first kappa shape index (κ1) is 10.8. The molecule has 0 bridgehead atoms. The minimum Gasteiger partial charge on any atom is -0.411 e. The van der Waals surface area contributed by atoms with E-state index in [0.29, 0.717) is 0 Å². The number of rotatable bonds is 0. The van der Waals surface area contributed by atoms with Crippen LogP contribution in [0.15, 0.2) is 41.6 Å². The van der Waals surface area contributed by atoms with Crippen LogP contribution < -0.4 is 0 Å². The average Bonchev–Trinajstić information content (AvgIpc) is 2.23. The molecule has 0 spiro atoms. The first-order chi connectivity index (χ1) is 6.83. The molecular weight excluding hydrogens is 174 g/mol. The second kappa shape index (κ2) is 6.19. The summed E-state index contributed by atoms with van der Waals surface area (Å²) in [4.78, 5) is 0. The van der Waals surface area contributed by atoms with Crippen LogP contribution in [0.5, 0.6) is 0 Å². The van der Waals surface area contributed by atoms with Crippen molar-refractivity contribution in [2.24, 2.45) is 5.16 Å². The maximum Gasteiger partial charge on any atom is 0.0608 e. The van der Waals surface area contributed by atoms with Gasteiger partial charge in [-0.1, -0.05) is 41.6 Å². The molecule has 0 amide bonds. The Hall–Kier alpha value is -1.31. The Labute approximate surface area is 85.3 Å². The highest BCUT2D eigenvalue weighted by molar-refractivity contribution is 5.85. The number of allylic oxidation sites excluding steroid dienone is 5. The molecule has 0 aromatic carbocycles. The largest absolute Gasteiger partial charge is 0.411 e. The lowest BCUT2D eigenvalue weighted by atomic mass is 10.1. The van der Waals surface area contributed by atoms with E-state index in [2.05, 4.69) is 11.7 Å². The Kier molecular flexibility index (Phi) is 4.76. The van der Waals surface area contributed by atoms with Gasteiger partial charge in [-0.15, -0.1) is 0 Å². The lowest BCUT2D eigenvalue weighted by molar-refractivity contribution is 0.316. The summed E-state index contributed by atoms with van der Waals surface area (Å²) in [6.07, 6.45) is 12.8. The minimum absolute atomic E-state index is 0.743. The Morgan fingerprint density at radius 3 is 2.79 bits per heavy atom. The number of hydrogen-bond acceptors (Lipinski definition) is 2. The van der Waals surface area contributed by atoms with Crippen LogP contribution in [0.3, 0.4) is 0 Å². The summed E-state index contributed by atoms with van der Waals surface area (Å²) in [5.74, 6) is 0. The van der Waals surface area contributed by atoms with Crippen molar-refractivity contribution in [2.45, 2.75) is 32.1 Å². The second-order valence-electron chi connectivity index (χ2n) is 3.52. The van der Waals surface area contributed by atoms with Crippen LogP contribution in [-0.2, 0) is 0 Å². The second-order valence-corrected chi connectivity index (χ2v) is 3.52. The molecule has 0 aliphatic heterocycles. The Balaban J connectivity index is 2.57. The highest BCUT2D eigenvalue weighted by atomic mass is 16.4. The van der Waals surface area contributed by atoms with Crippen molar-refractivity contribution in [1.29, 1.82) is 0 Å².